The van der Waals surface area contributed by atoms with E-state index >= 15 is 0 Å². The van der Waals surface area contributed by atoms with Crippen LogP contribution in [0.4, 0.5) is 13.2 Å². The number of carboxylic acids is 1. The van der Waals surface area contributed by atoms with Crippen molar-refractivity contribution in [3.05, 3.63) is 12.7 Å². The number of rotatable bonds is 5. The Bertz CT molecular complexity index is 416. The first kappa shape index (κ1) is 17.5. The standard InChI is InChI=1S/C14H20F3NO3/c1-3-13(2,9-7-5-4-6-8-9)10(11(19)20)18-12(21)14(15,16)17/h3,9-10H,1,4-8H2,2H3,(H,18,21)(H,19,20)/t10-,13+/m1/s1. The summed E-state index contributed by atoms with van der Waals surface area (Å²) in [4.78, 5) is 22.5. The van der Waals surface area contributed by atoms with E-state index in [1.165, 1.54) is 6.08 Å². The third kappa shape index (κ3) is 3.98. The SMILES string of the molecule is C=C[C@@](C)(C1CCCCC1)[C@H](NC(=O)C(F)(F)F)C(=O)O. The van der Waals surface area contributed by atoms with E-state index in [-0.39, 0.29) is 5.92 Å². The van der Waals surface area contributed by atoms with Crippen LogP contribution in [0.25, 0.3) is 0 Å². The van der Waals surface area contributed by atoms with E-state index < -0.39 is 29.5 Å². The van der Waals surface area contributed by atoms with Crippen molar-refractivity contribution in [1.82, 2.24) is 5.32 Å². The Labute approximate surface area is 121 Å². The topological polar surface area (TPSA) is 66.4 Å². The molecule has 2 atom stereocenters. The van der Waals surface area contributed by atoms with Crippen molar-refractivity contribution in [1.29, 1.82) is 0 Å². The minimum Gasteiger partial charge on any atom is -0.480 e. The molecule has 2 N–H and O–H groups in total. The summed E-state index contributed by atoms with van der Waals surface area (Å²) in [5.41, 5.74) is -1.12. The van der Waals surface area contributed by atoms with Gasteiger partial charge in [0.15, 0.2) is 0 Å². The second-order valence-electron chi connectivity index (χ2n) is 5.65. The highest BCUT2D eigenvalue weighted by atomic mass is 19.4. The monoisotopic (exact) mass is 307 g/mol. The highest BCUT2D eigenvalue weighted by Gasteiger charge is 2.48. The van der Waals surface area contributed by atoms with E-state index in [9.17, 15) is 27.9 Å². The molecule has 1 fully saturated rings. The van der Waals surface area contributed by atoms with Gasteiger partial charge in [-0.25, -0.2) is 4.79 Å². The minimum absolute atomic E-state index is 0.113. The Kier molecular flexibility index (Phi) is 5.42. The molecule has 120 valence electrons. The second-order valence-corrected chi connectivity index (χ2v) is 5.65. The van der Waals surface area contributed by atoms with Crippen molar-refractivity contribution in [3.63, 3.8) is 0 Å². The maximum Gasteiger partial charge on any atom is 0.471 e. The number of hydrogen-bond donors (Lipinski definition) is 2. The molecule has 1 saturated carbocycles. The Morgan fingerprint density at radius 2 is 1.81 bits per heavy atom. The third-order valence-corrected chi connectivity index (χ3v) is 4.33. The fraction of sp³-hybridized carbons (Fsp3) is 0.714. The summed E-state index contributed by atoms with van der Waals surface area (Å²) in [5.74, 6) is -3.84. The van der Waals surface area contributed by atoms with Crippen LogP contribution >= 0.6 is 0 Å². The zero-order chi connectivity index (χ0) is 16.3. The van der Waals surface area contributed by atoms with E-state index in [4.69, 9.17) is 0 Å². The van der Waals surface area contributed by atoms with Gasteiger partial charge in [0.05, 0.1) is 0 Å². The Hall–Kier alpha value is -1.53. The van der Waals surface area contributed by atoms with E-state index in [2.05, 4.69) is 6.58 Å². The van der Waals surface area contributed by atoms with Gasteiger partial charge in [-0.05, 0) is 18.8 Å². The molecule has 1 aliphatic rings. The summed E-state index contributed by atoms with van der Waals surface area (Å²) >= 11 is 0. The summed E-state index contributed by atoms with van der Waals surface area (Å²) in [6.07, 6.45) is 0.501. The molecule has 0 aliphatic heterocycles. The molecule has 0 heterocycles. The average Bonchev–Trinajstić information content (AvgIpc) is 2.43. The van der Waals surface area contributed by atoms with Gasteiger partial charge in [-0.2, -0.15) is 13.2 Å². The van der Waals surface area contributed by atoms with Gasteiger partial charge in [-0.3, -0.25) is 4.79 Å². The average molecular weight is 307 g/mol. The molecule has 1 rings (SSSR count). The van der Waals surface area contributed by atoms with Gasteiger partial charge in [0.25, 0.3) is 0 Å². The van der Waals surface area contributed by atoms with Gasteiger partial charge in [0.1, 0.15) is 6.04 Å². The smallest absolute Gasteiger partial charge is 0.471 e. The normalized spacial score (nSPS) is 21.1. The summed E-state index contributed by atoms with van der Waals surface area (Å²) in [6, 6.07) is -1.65. The Morgan fingerprint density at radius 1 is 1.29 bits per heavy atom. The van der Waals surface area contributed by atoms with Crippen LogP contribution in [0.3, 0.4) is 0 Å². The van der Waals surface area contributed by atoms with Gasteiger partial charge in [0, 0.05) is 5.41 Å². The molecular weight excluding hydrogens is 287 g/mol. The van der Waals surface area contributed by atoms with Crippen LogP contribution in [0, 0.1) is 11.3 Å². The van der Waals surface area contributed by atoms with Crippen molar-refractivity contribution >= 4 is 11.9 Å². The first-order valence-corrected chi connectivity index (χ1v) is 6.87. The van der Waals surface area contributed by atoms with Crippen molar-refractivity contribution in [2.45, 2.75) is 51.2 Å². The number of nitrogens with one attached hydrogen (secondary N) is 1. The minimum atomic E-state index is -5.11. The summed E-state index contributed by atoms with van der Waals surface area (Å²) in [7, 11) is 0. The summed E-state index contributed by atoms with van der Waals surface area (Å²) in [6.45, 7) is 5.13. The van der Waals surface area contributed by atoms with Crippen molar-refractivity contribution in [2.75, 3.05) is 0 Å². The lowest BCUT2D eigenvalue weighted by molar-refractivity contribution is -0.177. The molecule has 0 aromatic carbocycles. The first-order valence-electron chi connectivity index (χ1n) is 6.87. The molecule has 0 bridgehead atoms. The zero-order valence-corrected chi connectivity index (χ0v) is 11.9. The van der Waals surface area contributed by atoms with Crippen molar-refractivity contribution in [2.24, 2.45) is 11.3 Å². The van der Waals surface area contributed by atoms with E-state index in [0.717, 1.165) is 19.3 Å². The maximum absolute atomic E-state index is 12.4. The number of carbonyl (C=O) groups is 2. The van der Waals surface area contributed by atoms with Crippen molar-refractivity contribution < 1.29 is 27.9 Å². The van der Waals surface area contributed by atoms with E-state index in [1.807, 2.05) is 0 Å². The number of amides is 1. The number of alkyl halides is 3. The molecule has 0 unspecified atom stereocenters. The molecule has 1 amide bonds. The quantitative estimate of drug-likeness (QED) is 0.768. The predicted molar refractivity (Wildman–Crippen MR) is 70.5 cm³/mol. The first-order chi connectivity index (χ1) is 9.63. The zero-order valence-electron chi connectivity index (χ0n) is 11.9. The Morgan fingerprint density at radius 3 is 2.19 bits per heavy atom. The van der Waals surface area contributed by atoms with Crippen LogP contribution in [-0.2, 0) is 9.59 Å². The van der Waals surface area contributed by atoms with Gasteiger partial charge >= 0.3 is 18.1 Å². The molecule has 0 aromatic rings. The molecule has 0 aromatic heterocycles. The second kappa shape index (κ2) is 6.49. The number of carbonyl (C=O) groups excluding carboxylic acids is 1. The highest BCUT2D eigenvalue weighted by Crippen LogP contribution is 2.42. The molecule has 4 nitrogen and oxygen atoms in total. The number of carboxylic acid groups (broad SMARTS) is 1. The van der Waals surface area contributed by atoms with Crippen LogP contribution in [0.2, 0.25) is 0 Å². The lowest BCUT2D eigenvalue weighted by Gasteiger charge is -2.41. The van der Waals surface area contributed by atoms with Gasteiger partial charge in [-0.15, -0.1) is 6.58 Å². The van der Waals surface area contributed by atoms with Crippen LogP contribution in [0.15, 0.2) is 12.7 Å². The number of halogens is 3. The van der Waals surface area contributed by atoms with Gasteiger partial charge in [0.2, 0.25) is 0 Å². The van der Waals surface area contributed by atoms with Crippen molar-refractivity contribution in [3.8, 4) is 0 Å². The Balaban J connectivity index is 3.02. The van der Waals surface area contributed by atoms with Gasteiger partial charge in [-0.1, -0.05) is 32.3 Å². The van der Waals surface area contributed by atoms with E-state index in [1.54, 1.807) is 12.2 Å². The lowest BCUT2D eigenvalue weighted by Crippen LogP contribution is -2.56. The van der Waals surface area contributed by atoms with Crippen LogP contribution in [-0.4, -0.2) is 29.2 Å². The van der Waals surface area contributed by atoms with E-state index in [0.29, 0.717) is 12.8 Å². The maximum atomic E-state index is 12.4. The fourth-order valence-electron chi connectivity index (χ4n) is 2.94. The molecule has 0 spiro atoms. The fourth-order valence-corrected chi connectivity index (χ4v) is 2.94. The molecule has 0 radical (unpaired) electrons. The van der Waals surface area contributed by atoms with Crippen LogP contribution < -0.4 is 5.32 Å². The number of hydrogen-bond acceptors (Lipinski definition) is 2. The molecule has 21 heavy (non-hydrogen) atoms. The van der Waals surface area contributed by atoms with Gasteiger partial charge < -0.3 is 10.4 Å². The lowest BCUT2D eigenvalue weighted by atomic mass is 9.66. The van der Waals surface area contributed by atoms with Crippen LogP contribution in [0.5, 0.6) is 0 Å². The molecule has 1 aliphatic carbocycles. The summed E-state index contributed by atoms with van der Waals surface area (Å²) in [5, 5.41) is 10.9. The molecule has 7 heteroatoms. The highest BCUT2D eigenvalue weighted by molar-refractivity contribution is 5.87. The third-order valence-electron chi connectivity index (χ3n) is 4.33. The molecular formula is C14H20F3NO3. The van der Waals surface area contributed by atoms with Crippen LogP contribution in [0.1, 0.15) is 39.0 Å². The largest absolute Gasteiger partial charge is 0.480 e. The predicted octanol–water partition coefficient (Wildman–Crippen LogP) is 2.89. The number of aliphatic carboxylic acids is 1. The molecule has 0 saturated heterocycles. The summed E-state index contributed by atoms with van der Waals surface area (Å²) < 4.78 is 37.1.